The molecule has 6 nitrogen and oxygen atoms in total. The number of anilines is 1. The summed E-state index contributed by atoms with van der Waals surface area (Å²) in [6.07, 6.45) is -0.704. The average molecular weight is 272 g/mol. The molecule has 1 aromatic rings. The Hall–Kier alpha value is -1.60. The highest BCUT2D eigenvalue weighted by Gasteiger charge is 2.22. The molecule has 7 heteroatoms. The maximum absolute atomic E-state index is 11.9. The Balaban J connectivity index is 3.04. The van der Waals surface area contributed by atoms with Crippen molar-refractivity contribution < 1.29 is 19.1 Å². The van der Waals surface area contributed by atoms with Crippen molar-refractivity contribution in [2.24, 2.45) is 0 Å². The number of methoxy groups -OCH3 is 2. The molecule has 0 aliphatic heterocycles. The second-order valence-corrected chi connectivity index (χ2v) is 4.67. The topological polar surface area (TPSA) is 67.9 Å². The molecule has 0 spiro atoms. The van der Waals surface area contributed by atoms with Crippen LogP contribution in [0.2, 0.25) is 0 Å². The Morgan fingerprint density at radius 1 is 1.39 bits per heavy atom. The lowest BCUT2D eigenvalue weighted by Crippen LogP contribution is -2.48. The van der Waals surface area contributed by atoms with Gasteiger partial charge in [0.1, 0.15) is 6.61 Å². The van der Waals surface area contributed by atoms with Crippen molar-refractivity contribution in [1.29, 1.82) is 0 Å². The summed E-state index contributed by atoms with van der Waals surface area (Å²) in [7, 11) is 2.66. The summed E-state index contributed by atoms with van der Waals surface area (Å²) in [5.41, 5.74) is 3.95. The number of ether oxygens (including phenoxy) is 2. The zero-order valence-electron chi connectivity index (χ0n) is 10.8. The molecule has 0 fully saturated rings. The van der Waals surface area contributed by atoms with Crippen LogP contribution < -0.4 is 10.4 Å². The summed E-state index contributed by atoms with van der Waals surface area (Å²) < 4.78 is 9.30. The van der Waals surface area contributed by atoms with E-state index < -0.39 is 6.09 Å². The zero-order valence-corrected chi connectivity index (χ0v) is 11.6. The quantitative estimate of drug-likeness (QED) is 0.849. The van der Waals surface area contributed by atoms with Crippen molar-refractivity contribution in [3.05, 3.63) is 15.8 Å². The van der Waals surface area contributed by atoms with Crippen molar-refractivity contribution in [2.45, 2.75) is 13.8 Å². The first-order valence-electron chi connectivity index (χ1n) is 5.22. The lowest BCUT2D eigenvalue weighted by molar-refractivity contribution is -0.122. The number of amides is 2. The summed E-state index contributed by atoms with van der Waals surface area (Å²) in [5, 5.41) is 3.08. The molecule has 2 amide bonds. The summed E-state index contributed by atoms with van der Waals surface area (Å²) >= 11 is 1.50. The fourth-order valence-electron chi connectivity index (χ4n) is 1.47. The van der Waals surface area contributed by atoms with Crippen molar-refractivity contribution in [3.8, 4) is 0 Å². The second-order valence-electron chi connectivity index (χ2n) is 3.59. The predicted octanol–water partition coefficient (Wildman–Crippen LogP) is 1.62. The zero-order chi connectivity index (χ0) is 13.7. The van der Waals surface area contributed by atoms with E-state index in [2.05, 4.69) is 10.2 Å². The molecule has 100 valence electrons. The van der Waals surface area contributed by atoms with Gasteiger partial charge in [-0.05, 0) is 24.8 Å². The number of hydrogen-bond donors (Lipinski definition) is 1. The first-order chi connectivity index (χ1) is 8.51. The third kappa shape index (κ3) is 3.21. The molecule has 0 aromatic carbocycles. The van der Waals surface area contributed by atoms with Gasteiger partial charge in [0.2, 0.25) is 0 Å². The van der Waals surface area contributed by atoms with Crippen LogP contribution in [0.5, 0.6) is 0 Å². The van der Waals surface area contributed by atoms with Crippen LogP contribution in [0.15, 0.2) is 5.38 Å². The van der Waals surface area contributed by atoms with Crippen molar-refractivity contribution in [3.63, 3.8) is 0 Å². The molecule has 0 aliphatic carbocycles. The highest BCUT2D eigenvalue weighted by atomic mass is 32.1. The normalized spacial score (nSPS) is 10.0. The number of hydrogen-bond acceptors (Lipinski definition) is 5. The van der Waals surface area contributed by atoms with Gasteiger partial charge in [0.05, 0.1) is 12.8 Å². The average Bonchev–Trinajstić information content (AvgIpc) is 2.66. The van der Waals surface area contributed by atoms with Gasteiger partial charge in [0.15, 0.2) is 0 Å². The fraction of sp³-hybridized carbons (Fsp3) is 0.455. The molecule has 1 rings (SSSR count). The molecule has 1 N–H and O–H groups in total. The molecule has 0 radical (unpaired) electrons. The maximum atomic E-state index is 11.9. The van der Waals surface area contributed by atoms with Gasteiger partial charge in [0.25, 0.3) is 5.91 Å². The van der Waals surface area contributed by atoms with E-state index in [-0.39, 0.29) is 12.5 Å². The SMILES string of the molecule is COCC(=O)N(NC(=O)OC)c1c(C)csc1C. The molecular weight excluding hydrogens is 256 g/mol. The molecule has 1 heterocycles. The highest BCUT2D eigenvalue weighted by Crippen LogP contribution is 2.29. The minimum atomic E-state index is -0.704. The molecule has 0 unspecified atom stereocenters. The third-order valence-electron chi connectivity index (χ3n) is 2.25. The van der Waals surface area contributed by atoms with Gasteiger partial charge in [-0.25, -0.2) is 15.2 Å². The lowest BCUT2D eigenvalue weighted by Gasteiger charge is -2.23. The summed E-state index contributed by atoms with van der Waals surface area (Å²) in [6.45, 7) is 3.61. The van der Waals surface area contributed by atoms with Gasteiger partial charge in [-0.2, -0.15) is 0 Å². The Morgan fingerprint density at radius 3 is 2.50 bits per heavy atom. The van der Waals surface area contributed by atoms with Crippen LogP contribution in [0.4, 0.5) is 10.5 Å². The van der Waals surface area contributed by atoms with Crippen molar-refractivity contribution in [2.75, 3.05) is 25.8 Å². The molecule has 0 bridgehead atoms. The van der Waals surface area contributed by atoms with E-state index in [1.807, 2.05) is 19.2 Å². The van der Waals surface area contributed by atoms with E-state index in [0.29, 0.717) is 5.69 Å². The smallest absolute Gasteiger partial charge is 0.426 e. The molecule has 1 aromatic heterocycles. The molecule has 0 atom stereocenters. The van der Waals surface area contributed by atoms with Crippen LogP contribution in [0.25, 0.3) is 0 Å². The first kappa shape index (κ1) is 14.5. The van der Waals surface area contributed by atoms with E-state index in [9.17, 15) is 9.59 Å². The number of hydrazine groups is 1. The Morgan fingerprint density at radius 2 is 2.06 bits per heavy atom. The standard InChI is InChI=1S/C11H16N2O4S/c1-7-6-18-8(2)10(7)13(9(14)5-16-3)12-11(15)17-4/h6H,5H2,1-4H3,(H,12,15). The Bertz CT molecular complexity index is 425. The lowest BCUT2D eigenvalue weighted by atomic mass is 10.2. The van der Waals surface area contributed by atoms with Crippen molar-refractivity contribution >= 4 is 29.0 Å². The van der Waals surface area contributed by atoms with Crippen LogP contribution in [-0.4, -0.2) is 32.8 Å². The predicted molar refractivity (Wildman–Crippen MR) is 68.7 cm³/mol. The molecule has 0 saturated carbocycles. The van der Waals surface area contributed by atoms with Gasteiger partial charge in [-0.15, -0.1) is 11.3 Å². The number of carbonyl (C=O) groups excluding carboxylic acids is 2. The number of nitrogens with one attached hydrogen (secondary N) is 1. The third-order valence-corrected chi connectivity index (χ3v) is 3.27. The number of nitrogens with zero attached hydrogens (tertiary/aromatic N) is 1. The van der Waals surface area contributed by atoms with E-state index in [4.69, 9.17) is 4.74 Å². The van der Waals surface area contributed by atoms with Crippen LogP contribution >= 0.6 is 11.3 Å². The minimum Gasteiger partial charge on any atom is -0.452 e. The van der Waals surface area contributed by atoms with E-state index in [1.165, 1.54) is 25.6 Å². The first-order valence-corrected chi connectivity index (χ1v) is 6.10. The molecule has 0 aliphatic rings. The number of aryl methyl sites for hydroxylation is 2. The van der Waals surface area contributed by atoms with Gasteiger partial charge >= 0.3 is 6.09 Å². The summed E-state index contributed by atoms with van der Waals surface area (Å²) in [6, 6.07) is 0. The van der Waals surface area contributed by atoms with Gasteiger partial charge < -0.3 is 9.47 Å². The van der Waals surface area contributed by atoms with E-state index in [1.54, 1.807) is 0 Å². The highest BCUT2D eigenvalue weighted by molar-refractivity contribution is 7.10. The van der Waals surface area contributed by atoms with Crippen LogP contribution in [-0.2, 0) is 14.3 Å². The molecular formula is C11H16N2O4S. The van der Waals surface area contributed by atoms with Crippen LogP contribution in [0.1, 0.15) is 10.4 Å². The number of carbonyl (C=O) groups is 2. The van der Waals surface area contributed by atoms with Gasteiger partial charge in [-0.3, -0.25) is 4.79 Å². The number of rotatable bonds is 3. The van der Waals surface area contributed by atoms with Gasteiger partial charge in [0, 0.05) is 12.0 Å². The summed E-state index contributed by atoms with van der Waals surface area (Å²) in [4.78, 5) is 24.1. The van der Waals surface area contributed by atoms with Gasteiger partial charge in [-0.1, -0.05) is 0 Å². The Labute approximate surface area is 109 Å². The van der Waals surface area contributed by atoms with Crippen LogP contribution in [0.3, 0.4) is 0 Å². The monoisotopic (exact) mass is 272 g/mol. The van der Waals surface area contributed by atoms with E-state index >= 15 is 0 Å². The molecule has 0 saturated heterocycles. The minimum absolute atomic E-state index is 0.126. The van der Waals surface area contributed by atoms with E-state index in [0.717, 1.165) is 15.4 Å². The largest absolute Gasteiger partial charge is 0.452 e. The van der Waals surface area contributed by atoms with Crippen LogP contribution in [0, 0.1) is 13.8 Å². The Kier molecular flexibility index (Phi) is 5.11. The maximum Gasteiger partial charge on any atom is 0.426 e. The molecule has 18 heavy (non-hydrogen) atoms. The second kappa shape index (κ2) is 6.36. The summed E-state index contributed by atoms with van der Waals surface area (Å²) in [5.74, 6) is -0.368. The number of thiophene rings is 1. The fourth-order valence-corrected chi connectivity index (χ4v) is 2.30. The van der Waals surface area contributed by atoms with Crippen molar-refractivity contribution in [1.82, 2.24) is 5.43 Å².